The van der Waals surface area contributed by atoms with E-state index in [0.717, 1.165) is 11.8 Å². The average molecular weight is 433 g/mol. The predicted octanol–water partition coefficient (Wildman–Crippen LogP) is 3.71. The molecule has 0 fully saturated rings. The lowest BCUT2D eigenvalue weighted by molar-refractivity contribution is -0.113. The van der Waals surface area contributed by atoms with Crippen molar-refractivity contribution in [3.63, 3.8) is 0 Å². The van der Waals surface area contributed by atoms with Crippen LogP contribution in [0.25, 0.3) is 10.9 Å². The topological polar surface area (TPSA) is 97.5 Å². The highest BCUT2D eigenvalue weighted by molar-refractivity contribution is 8.00. The summed E-state index contributed by atoms with van der Waals surface area (Å²) < 4.78 is 9.82. The first-order chi connectivity index (χ1) is 13.9. The molecule has 1 heterocycles. The summed E-state index contributed by atoms with van der Waals surface area (Å²) >= 11 is 7.09. The van der Waals surface area contributed by atoms with Crippen molar-refractivity contribution in [2.24, 2.45) is 0 Å². The van der Waals surface area contributed by atoms with Crippen LogP contribution in [-0.2, 0) is 9.53 Å². The Balaban J connectivity index is 1.82. The first-order valence-electron chi connectivity index (χ1n) is 8.44. The number of benzene rings is 2. The van der Waals surface area contributed by atoms with Crippen molar-refractivity contribution in [1.82, 2.24) is 4.98 Å². The molecule has 0 aliphatic heterocycles. The van der Waals surface area contributed by atoms with E-state index in [4.69, 9.17) is 21.1 Å². The van der Waals surface area contributed by atoms with Crippen LogP contribution in [-0.4, -0.2) is 36.8 Å². The SMILES string of the molecule is COC(=O)c1c(SCC(=O)Nc2ccc(OC)c(Cl)c2)[nH]c2ccccc2c1=O. The third kappa shape index (κ3) is 4.55. The Hall–Kier alpha value is -2.97. The number of para-hydroxylation sites is 1. The van der Waals surface area contributed by atoms with E-state index in [0.29, 0.717) is 27.4 Å². The molecular formula is C20H17ClN2O5S. The van der Waals surface area contributed by atoms with Crippen LogP contribution in [0, 0.1) is 0 Å². The number of pyridine rings is 1. The fourth-order valence-corrected chi connectivity index (χ4v) is 3.80. The van der Waals surface area contributed by atoms with E-state index < -0.39 is 11.4 Å². The van der Waals surface area contributed by atoms with Crippen molar-refractivity contribution in [3.05, 3.63) is 63.3 Å². The van der Waals surface area contributed by atoms with Gasteiger partial charge < -0.3 is 19.8 Å². The largest absolute Gasteiger partial charge is 0.495 e. The zero-order valence-corrected chi connectivity index (χ0v) is 17.1. The molecule has 150 valence electrons. The summed E-state index contributed by atoms with van der Waals surface area (Å²) in [5.74, 6) is -0.638. The molecule has 0 spiro atoms. The van der Waals surface area contributed by atoms with Crippen LogP contribution in [0.2, 0.25) is 5.02 Å². The second kappa shape index (κ2) is 9.02. The van der Waals surface area contributed by atoms with Crippen LogP contribution in [0.3, 0.4) is 0 Å². The number of nitrogens with one attached hydrogen (secondary N) is 2. The first kappa shape index (κ1) is 20.8. The first-order valence-corrected chi connectivity index (χ1v) is 9.80. The Kier molecular flexibility index (Phi) is 6.46. The van der Waals surface area contributed by atoms with Crippen LogP contribution >= 0.6 is 23.4 Å². The number of halogens is 1. The van der Waals surface area contributed by atoms with Gasteiger partial charge in [-0.15, -0.1) is 0 Å². The molecule has 3 aromatic rings. The fraction of sp³-hybridized carbons (Fsp3) is 0.150. The van der Waals surface area contributed by atoms with E-state index in [1.165, 1.54) is 14.2 Å². The van der Waals surface area contributed by atoms with Gasteiger partial charge in [0.1, 0.15) is 11.3 Å². The molecule has 1 amide bonds. The summed E-state index contributed by atoms with van der Waals surface area (Å²) in [5.41, 5.74) is 0.490. The van der Waals surface area contributed by atoms with Crippen LogP contribution in [0.4, 0.5) is 5.69 Å². The highest BCUT2D eigenvalue weighted by Crippen LogP contribution is 2.28. The number of esters is 1. The molecule has 0 unspecified atom stereocenters. The molecule has 0 radical (unpaired) electrons. The summed E-state index contributed by atoms with van der Waals surface area (Å²) in [4.78, 5) is 40.2. The van der Waals surface area contributed by atoms with Gasteiger partial charge in [-0.3, -0.25) is 9.59 Å². The molecule has 0 atom stereocenters. The summed E-state index contributed by atoms with van der Waals surface area (Å²) in [6.07, 6.45) is 0. The predicted molar refractivity (Wildman–Crippen MR) is 113 cm³/mol. The van der Waals surface area contributed by atoms with Crippen molar-refractivity contribution in [2.45, 2.75) is 5.03 Å². The molecule has 3 rings (SSSR count). The number of aromatic nitrogens is 1. The number of hydrogen-bond donors (Lipinski definition) is 2. The summed E-state index contributed by atoms with van der Waals surface area (Å²) in [7, 11) is 2.70. The molecule has 0 aliphatic rings. The maximum Gasteiger partial charge on any atom is 0.344 e. The molecule has 9 heteroatoms. The lowest BCUT2D eigenvalue weighted by Crippen LogP contribution is -2.20. The number of rotatable bonds is 6. The van der Waals surface area contributed by atoms with Gasteiger partial charge in [0.2, 0.25) is 11.3 Å². The average Bonchev–Trinajstić information content (AvgIpc) is 2.72. The van der Waals surface area contributed by atoms with Gasteiger partial charge >= 0.3 is 5.97 Å². The Morgan fingerprint density at radius 1 is 1.17 bits per heavy atom. The zero-order chi connectivity index (χ0) is 21.0. The minimum atomic E-state index is -0.762. The Morgan fingerprint density at radius 3 is 2.62 bits per heavy atom. The third-order valence-electron chi connectivity index (χ3n) is 4.05. The lowest BCUT2D eigenvalue weighted by atomic mass is 10.1. The molecule has 0 saturated heterocycles. The van der Waals surface area contributed by atoms with Gasteiger partial charge in [0.15, 0.2) is 0 Å². The van der Waals surface area contributed by atoms with Gasteiger partial charge in [-0.2, -0.15) is 0 Å². The van der Waals surface area contributed by atoms with Crippen LogP contribution in [0.1, 0.15) is 10.4 Å². The molecule has 2 N–H and O–H groups in total. The molecule has 0 bridgehead atoms. The highest BCUT2D eigenvalue weighted by atomic mass is 35.5. The van der Waals surface area contributed by atoms with Crippen LogP contribution in [0.5, 0.6) is 5.75 Å². The summed E-state index contributed by atoms with van der Waals surface area (Å²) in [6, 6.07) is 11.7. The van der Waals surface area contributed by atoms with Crippen molar-refractivity contribution < 1.29 is 19.1 Å². The van der Waals surface area contributed by atoms with Crippen molar-refractivity contribution in [3.8, 4) is 5.75 Å². The zero-order valence-electron chi connectivity index (χ0n) is 15.6. The smallest absolute Gasteiger partial charge is 0.344 e. The number of carbonyl (C=O) groups excluding carboxylic acids is 2. The summed E-state index contributed by atoms with van der Waals surface area (Å²) in [5, 5.41) is 3.71. The van der Waals surface area contributed by atoms with Crippen molar-refractivity contribution in [2.75, 3.05) is 25.3 Å². The fourth-order valence-electron chi connectivity index (χ4n) is 2.69. The van der Waals surface area contributed by atoms with E-state index in [1.807, 2.05) is 0 Å². The van der Waals surface area contributed by atoms with Crippen molar-refractivity contribution >= 4 is 51.8 Å². The number of fused-ring (bicyclic) bond motifs is 1. The quantitative estimate of drug-likeness (QED) is 0.455. The number of aromatic amines is 1. The minimum Gasteiger partial charge on any atom is -0.495 e. The Morgan fingerprint density at radius 2 is 1.93 bits per heavy atom. The normalized spacial score (nSPS) is 10.6. The van der Waals surface area contributed by atoms with Crippen molar-refractivity contribution in [1.29, 1.82) is 0 Å². The van der Waals surface area contributed by atoms with Crippen LogP contribution in [0.15, 0.2) is 52.3 Å². The molecule has 7 nitrogen and oxygen atoms in total. The van der Waals surface area contributed by atoms with E-state index in [9.17, 15) is 14.4 Å². The van der Waals surface area contributed by atoms with Gasteiger partial charge in [0.05, 0.1) is 35.5 Å². The number of hydrogen-bond acceptors (Lipinski definition) is 6. The molecule has 29 heavy (non-hydrogen) atoms. The number of H-pyrrole nitrogens is 1. The van der Waals surface area contributed by atoms with E-state index >= 15 is 0 Å². The Labute approximate surface area is 175 Å². The maximum atomic E-state index is 12.7. The number of ether oxygens (including phenoxy) is 2. The molecule has 0 aliphatic carbocycles. The number of amides is 1. The molecule has 2 aromatic carbocycles. The second-order valence-corrected chi connectivity index (χ2v) is 7.27. The molecule has 0 saturated carbocycles. The Bertz CT molecular complexity index is 1150. The van der Waals surface area contributed by atoms with E-state index in [2.05, 4.69) is 10.3 Å². The van der Waals surface area contributed by atoms with Gasteiger partial charge in [0, 0.05) is 11.1 Å². The second-order valence-electron chi connectivity index (χ2n) is 5.88. The summed E-state index contributed by atoms with van der Waals surface area (Å²) in [6.45, 7) is 0. The van der Waals surface area contributed by atoms with Gasteiger partial charge in [-0.1, -0.05) is 35.5 Å². The monoisotopic (exact) mass is 432 g/mol. The van der Waals surface area contributed by atoms with Gasteiger partial charge in [-0.25, -0.2) is 4.79 Å². The third-order valence-corrected chi connectivity index (χ3v) is 5.34. The lowest BCUT2D eigenvalue weighted by Gasteiger charge is -2.10. The highest BCUT2D eigenvalue weighted by Gasteiger charge is 2.20. The number of carbonyl (C=O) groups is 2. The maximum absolute atomic E-state index is 12.7. The number of anilines is 1. The van der Waals surface area contributed by atoms with Gasteiger partial charge in [0.25, 0.3) is 0 Å². The van der Waals surface area contributed by atoms with Gasteiger partial charge in [-0.05, 0) is 30.3 Å². The molecular weight excluding hydrogens is 416 g/mol. The number of thioether (sulfide) groups is 1. The van der Waals surface area contributed by atoms with E-state index in [-0.39, 0.29) is 22.2 Å². The van der Waals surface area contributed by atoms with E-state index in [1.54, 1.807) is 42.5 Å². The minimum absolute atomic E-state index is 0.0398. The molecule has 1 aromatic heterocycles. The standard InChI is InChI=1S/C20H17ClN2O5S/c1-27-15-8-7-11(9-13(15)21)22-16(24)10-29-19-17(20(26)28-2)18(25)12-5-3-4-6-14(12)23-19/h3-9H,10H2,1-2H3,(H,22,24)(H,23,25). The van der Waals surface area contributed by atoms with Crippen LogP contribution < -0.4 is 15.5 Å². The number of methoxy groups -OCH3 is 2.